The number of rotatable bonds is 13. The fourth-order valence-electron chi connectivity index (χ4n) is 4.20. The fraction of sp³-hybridized carbons (Fsp3) is 0.667. The number of carbonyl (C=O) groups is 2. The SMILES string of the molecule is CCOCOC[C@H](C[C@H](Cc1ccccc1OC)C(=O)NO)NC(=O)[C@H]1CC[C@H](C)CC1. The minimum atomic E-state index is -0.580. The van der Waals surface area contributed by atoms with Gasteiger partial charge in [-0.1, -0.05) is 25.1 Å². The number of hydrogen-bond acceptors (Lipinski definition) is 6. The van der Waals surface area contributed by atoms with Crippen LogP contribution < -0.4 is 15.5 Å². The summed E-state index contributed by atoms with van der Waals surface area (Å²) in [5.41, 5.74) is 2.62. The summed E-state index contributed by atoms with van der Waals surface area (Å²) in [7, 11) is 1.58. The summed E-state index contributed by atoms with van der Waals surface area (Å²) < 4.78 is 16.2. The monoisotopic (exact) mass is 450 g/mol. The largest absolute Gasteiger partial charge is 0.496 e. The van der Waals surface area contributed by atoms with Gasteiger partial charge in [0.2, 0.25) is 11.8 Å². The number of nitrogens with one attached hydrogen (secondary N) is 2. The maximum atomic E-state index is 12.9. The Bertz CT molecular complexity index is 705. The Morgan fingerprint density at radius 3 is 2.53 bits per heavy atom. The maximum Gasteiger partial charge on any atom is 0.246 e. The Morgan fingerprint density at radius 2 is 1.88 bits per heavy atom. The van der Waals surface area contributed by atoms with Gasteiger partial charge in [-0.3, -0.25) is 14.8 Å². The van der Waals surface area contributed by atoms with Gasteiger partial charge >= 0.3 is 0 Å². The van der Waals surface area contributed by atoms with Crippen LogP contribution in [0.1, 0.15) is 51.5 Å². The molecule has 8 nitrogen and oxygen atoms in total. The summed E-state index contributed by atoms with van der Waals surface area (Å²) in [6.45, 7) is 4.96. The van der Waals surface area contributed by atoms with Crippen molar-refractivity contribution >= 4 is 11.8 Å². The maximum absolute atomic E-state index is 12.9. The van der Waals surface area contributed by atoms with Gasteiger partial charge in [0.25, 0.3) is 0 Å². The van der Waals surface area contributed by atoms with Crippen LogP contribution in [0.15, 0.2) is 24.3 Å². The first-order valence-corrected chi connectivity index (χ1v) is 11.5. The Balaban J connectivity index is 2.09. The van der Waals surface area contributed by atoms with Crippen molar-refractivity contribution in [2.24, 2.45) is 17.8 Å². The van der Waals surface area contributed by atoms with E-state index < -0.39 is 11.8 Å². The zero-order valence-electron chi connectivity index (χ0n) is 19.5. The Morgan fingerprint density at radius 1 is 1.16 bits per heavy atom. The molecule has 2 rings (SSSR count). The van der Waals surface area contributed by atoms with Crippen molar-refractivity contribution in [1.29, 1.82) is 0 Å². The van der Waals surface area contributed by atoms with Crippen LogP contribution in [-0.4, -0.2) is 50.2 Å². The summed E-state index contributed by atoms with van der Waals surface area (Å²) in [5, 5.41) is 12.4. The number of hydrogen-bond donors (Lipinski definition) is 3. The highest BCUT2D eigenvalue weighted by molar-refractivity contribution is 5.80. The Labute approximate surface area is 191 Å². The van der Waals surface area contributed by atoms with Crippen LogP contribution in [0.2, 0.25) is 0 Å². The van der Waals surface area contributed by atoms with E-state index in [1.807, 2.05) is 31.2 Å². The second-order valence-corrected chi connectivity index (χ2v) is 8.57. The van der Waals surface area contributed by atoms with Crippen LogP contribution in [0.3, 0.4) is 0 Å². The molecule has 32 heavy (non-hydrogen) atoms. The molecule has 0 radical (unpaired) electrons. The number of methoxy groups -OCH3 is 1. The van der Waals surface area contributed by atoms with E-state index in [-0.39, 0.29) is 31.3 Å². The molecular formula is C24H38N2O6. The van der Waals surface area contributed by atoms with Crippen molar-refractivity contribution in [2.45, 2.75) is 58.4 Å². The number of benzene rings is 1. The van der Waals surface area contributed by atoms with Crippen molar-refractivity contribution in [1.82, 2.24) is 10.8 Å². The normalized spacial score (nSPS) is 20.2. The minimum Gasteiger partial charge on any atom is -0.496 e. The van der Waals surface area contributed by atoms with E-state index in [1.54, 1.807) is 12.6 Å². The highest BCUT2D eigenvalue weighted by Crippen LogP contribution is 2.29. The van der Waals surface area contributed by atoms with E-state index in [0.717, 1.165) is 31.2 Å². The number of ether oxygens (including phenoxy) is 3. The molecule has 0 aromatic heterocycles. The molecule has 2 atom stereocenters. The molecule has 0 heterocycles. The zero-order chi connectivity index (χ0) is 23.3. The van der Waals surface area contributed by atoms with Gasteiger partial charge in [0.1, 0.15) is 12.5 Å². The van der Waals surface area contributed by atoms with Gasteiger partial charge in [-0.2, -0.15) is 0 Å². The summed E-state index contributed by atoms with van der Waals surface area (Å²) in [6.07, 6.45) is 4.52. The summed E-state index contributed by atoms with van der Waals surface area (Å²) in [6, 6.07) is 7.06. The van der Waals surface area contributed by atoms with E-state index in [1.165, 1.54) is 0 Å². The third kappa shape index (κ3) is 8.41. The van der Waals surface area contributed by atoms with Crippen LogP contribution in [-0.2, 0) is 25.5 Å². The molecule has 0 bridgehead atoms. The second-order valence-electron chi connectivity index (χ2n) is 8.57. The molecule has 1 aliphatic rings. The molecular weight excluding hydrogens is 412 g/mol. The lowest BCUT2D eigenvalue weighted by molar-refractivity contribution is -0.135. The van der Waals surface area contributed by atoms with Crippen LogP contribution in [0.5, 0.6) is 5.75 Å². The van der Waals surface area contributed by atoms with Crippen molar-refractivity contribution in [3.63, 3.8) is 0 Å². The highest BCUT2D eigenvalue weighted by atomic mass is 16.7. The van der Waals surface area contributed by atoms with E-state index in [9.17, 15) is 14.8 Å². The molecule has 2 amide bonds. The lowest BCUT2D eigenvalue weighted by atomic mass is 9.82. The molecule has 0 aliphatic heterocycles. The number of amides is 2. The van der Waals surface area contributed by atoms with Crippen LogP contribution >= 0.6 is 0 Å². The number of para-hydroxylation sites is 1. The lowest BCUT2D eigenvalue weighted by Crippen LogP contribution is -2.45. The topological polar surface area (TPSA) is 106 Å². The predicted molar refractivity (Wildman–Crippen MR) is 120 cm³/mol. The van der Waals surface area contributed by atoms with Gasteiger partial charge in [-0.15, -0.1) is 0 Å². The van der Waals surface area contributed by atoms with Gasteiger partial charge in [-0.25, -0.2) is 5.48 Å². The van der Waals surface area contributed by atoms with Crippen molar-refractivity contribution < 1.29 is 29.0 Å². The standard InChI is InChI=1S/C24H38N2O6/c1-4-31-16-32-15-21(25-23(27)18-11-9-17(2)10-12-18)14-20(24(28)26-29)13-19-7-5-6-8-22(19)30-3/h5-8,17-18,20-21,29H,4,9-16H2,1-3H3,(H,25,27)(H,26,28)/t17-,18-,20-,21-/m0/s1. The predicted octanol–water partition coefficient (Wildman–Crippen LogP) is 3.07. The number of hydroxylamine groups is 1. The zero-order valence-corrected chi connectivity index (χ0v) is 19.5. The van der Waals surface area contributed by atoms with Gasteiger partial charge < -0.3 is 19.5 Å². The van der Waals surface area contributed by atoms with Crippen molar-refractivity contribution in [2.75, 3.05) is 27.1 Å². The molecule has 0 unspecified atom stereocenters. The lowest BCUT2D eigenvalue weighted by Gasteiger charge is -2.29. The smallest absolute Gasteiger partial charge is 0.246 e. The molecule has 1 aromatic carbocycles. The number of carbonyl (C=O) groups excluding carboxylic acids is 2. The molecule has 1 aliphatic carbocycles. The first kappa shape index (κ1) is 26.1. The Hall–Kier alpha value is -2.16. The van der Waals surface area contributed by atoms with Crippen molar-refractivity contribution in [3.8, 4) is 5.75 Å². The molecule has 3 N–H and O–H groups in total. The first-order valence-electron chi connectivity index (χ1n) is 11.5. The van der Waals surface area contributed by atoms with Gasteiger partial charge in [-0.05, 0) is 63.0 Å². The van der Waals surface area contributed by atoms with Gasteiger partial charge in [0.15, 0.2) is 0 Å². The van der Waals surface area contributed by atoms with Crippen LogP contribution in [0.4, 0.5) is 0 Å². The molecule has 1 aromatic rings. The summed E-state index contributed by atoms with van der Waals surface area (Å²) >= 11 is 0. The van der Waals surface area contributed by atoms with Crippen LogP contribution in [0.25, 0.3) is 0 Å². The van der Waals surface area contributed by atoms with Crippen molar-refractivity contribution in [3.05, 3.63) is 29.8 Å². The summed E-state index contributed by atoms with van der Waals surface area (Å²) in [5.74, 6) is 0.230. The average Bonchev–Trinajstić information content (AvgIpc) is 2.81. The van der Waals surface area contributed by atoms with Crippen LogP contribution in [0, 0.1) is 17.8 Å². The average molecular weight is 451 g/mol. The minimum absolute atomic E-state index is 0.00218. The molecule has 0 saturated heterocycles. The molecule has 1 fully saturated rings. The van der Waals surface area contributed by atoms with E-state index in [0.29, 0.717) is 31.1 Å². The third-order valence-electron chi connectivity index (χ3n) is 6.13. The summed E-state index contributed by atoms with van der Waals surface area (Å²) in [4.78, 5) is 25.4. The Kier molecular flexibility index (Phi) is 11.5. The van der Waals surface area contributed by atoms with E-state index >= 15 is 0 Å². The van der Waals surface area contributed by atoms with E-state index in [4.69, 9.17) is 14.2 Å². The first-order chi connectivity index (χ1) is 15.5. The quantitative estimate of drug-likeness (QED) is 0.185. The second kappa shape index (κ2) is 14.1. The molecule has 1 saturated carbocycles. The fourth-order valence-corrected chi connectivity index (χ4v) is 4.20. The molecule has 0 spiro atoms. The third-order valence-corrected chi connectivity index (χ3v) is 6.13. The highest BCUT2D eigenvalue weighted by Gasteiger charge is 2.29. The van der Waals surface area contributed by atoms with Gasteiger partial charge in [0, 0.05) is 18.4 Å². The molecule has 180 valence electrons. The molecule has 8 heteroatoms. The van der Waals surface area contributed by atoms with Gasteiger partial charge in [0.05, 0.1) is 19.8 Å². The van der Waals surface area contributed by atoms with E-state index in [2.05, 4.69) is 12.2 Å².